The third-order valence-corrected chi connectivity index (χ3v) is 7.78. The average molecular weight is 420 g/mol. The minimum Gasteiger partial charge on any atom is -0.396 e. The minimum absolute atomic E-state index is 0.118. The first-order valence-corrected chi connectivity index (χ1v) is 11.6. The smallest absolute Gasteiger partial charge is 0.254 e. The Hall–Kier alpha value is -2.37. The number of rotatable bonds is 5. The van der Waals surface area contributed by atoms with E-state index in [9.17, 15) is 9.90 Å². The van der Waals surface area contributed by atoms with Gasteiger partial charge in [-0.15, -0.1) is 0 Å². The fourth-order valence-electron chi connectivity index (χ4n) is 6.04. The topological polar surface area (TPSA) is 47.0 Å². The lowest BCUT2D eigenvalue weighted by Crippen LogP contribution is -2.44. The van der Waals surface area contributed by atoms with Gasteiger partial charge in [0, 0.05) is 54.9 Å². The molecule has 2 aromatic carbocycles. The van der Waals surface area contributed by atoms with Gasteiger partial charge in [-0.2, -0.15) is 0 Å². The van der Waals surface area contributed by atoms with Gasteiger partial charge in [-0.25, -0.2) is 0 Å². The highest BCUT2D eigenvalue weighted by Crippen LogP contribution is 2.51. The second-order valence-corrected chi connectivity index (χ2v) is 9.68. The molecule has 0 unspecified atom stereocenters. The molecule has 3 aliphatic rings. The highest BCUT2D eigenvalue weighted by molar-refractivity contribution is 5.95. The zero-order chi connectivity index (χ0) is 21.4. The Balaban J connectivity index is 1.33. The molecule has 0 saturated carbocycles. The number of nitrogens with zero attached hydrogens (tertiary/aromatic N) is 3. The van der Waals surface area contributed by atoms with Crippen molar-refractivity contribution >= 4 is 11.6 Å². The van der Waals surface area contributed by atoms with Crippen LogP contribution in [-0.2, 0) is 6.42 Å². The summed E-state index contributed by atoms with van der Waals surface area (Å²) in [6, 6.07) is 18.9. The monoisotopic (exact) mass is 419 g/mol. The summed E-state index contributed by atoms with van der Waals surface area (Å²) in [5.41, 5.74) is 2.98. The van der Waals surface area contributed by atoms with Gasteiger partial charge in [0.15, 0.2) is 0 Å². The molecule has 5 heteroatoms. The van der Waals surface area contributed by atoms with Crippen LogP contribution in [0, 0.1) is 5.41 Å². The number of carbonyl (C=O) groups excluding carboxylic acids is 1. The van der Waals surface area contributed by atoms with Crippen molar-refractivity contribution in [1.82, 2.24) is 9.80 Å². The molecule has 3 heterocycles. The van der Waals surface area contributed by atoms with Gasteiger partial charge in [-0.05, 0) is 62.6 Å². The predicted molar refractivity (Wildman–Crippen MR) is 123 cm³/mol. The molecule has 5 nitrogen and oxygen atoms in total. The number of amides is 1. The SMILES string of the molecule is CN1CCN(c2ccc(C(=O)N3[C@H]4CC[C@@H]3[C@@](CO)(Cc3ccccc3)C4)cc2)CC1. The molecule has 0 aliphatic carbocycles. The number of fused-ring (bicyclic) bond motifs is 2. The Morgan fingerprint density at radius 1 is 1.00 bits per heavy atom. The Bertz CT molecular complexity index is 908. The van der Waals surface area contributed by atoms with Crippen LogP contribution in [0.5, 0.6) is 0 Å². The highest BCUT2D eigenvalue weighted by atomic mass is 16.3. The Morgan fingerprint density at radius 3 is 2.39 bits per heavy atom. The van der Waals surface area contributed by atoms with Crippen LogP contribution < -0.4 is 4.90 Å². The summed E-state index contributed by atoms with van der Waals surface area (Å²) in [6.45, 7) is 4.33. The number of anilines is 1. The number of carbonyl (C=O) groups is 1. The fourth-order valence-corrected chi connectivity index (χ4v) is 6.04. The van der Waals surface area contributed by atoms with E-state index in [0.717, 1.165) is 57.4 Å². The molecule has 1 amide bonds. The van der Waals surface area contributed by atoms with E-state index in [-0.39, 0.29) is 30.0 Å². The van der Waals surface area contributed by atoms with E-state index in [1.165, 1.54) is 11.3 Å². The van der Waals surface area contributed by atoms with Gasteiger partial charge < -0.3 is 19.8 Å². The first-order chi connectivity index (χ1) is 15.1. The largest absolute Gasteiger partial charge is 0.396 e. The molecule has 0 radical (unpaired) electrons. The molecule has 164 valence electrons. The lowest BCUT2D eigenvalue weighted by Gasteiger charge is -2.36. The number of benzene rings is 2. The summed E-state index contributed by atoms with van der Waals surface area (Å²) in [6.07, 6.45) is 3.77. The van der Waals surface area contributed by atoms with Crippen LogP contribution in [-0.4, -0.2) is 72.7 Å². The number of likely N-dealkylation sites (N-methyl/N-ethyl adjacent to an activating group) is 1. The van der Waals surface area contributed by atoms with E-state index in [0.29, 0.717) is 0 Å². The maximum absolute atomic E-state index is 13.5. The molecule has 0 aromatic heterocycles. The number of aliphatic hydroxyl groups excluding tert-OH is 1. The minimum atomic E-state index is -0.223. The molecule has 0 spiro atoms. The molecule has 3 aliphatic heterocycles. The molecular formula is C26H33N3O2. The molecule has 3 atom stereocenters. The highest BCUT2D eigenvalue weighted by Gasteiger charge is 2.57. The van der Waals surface area contributed by atoms with Crippen LogP contribution in [0.1, 0.15) is 35.2 Å². The third kappa shape index (κ3) is 3.74. The van der Waals surface area contributed by atoms with Crippen LogP contribution in [0.4, 0.5) is 5.69 Å². The van der Waals surface area contributed by atoms with Crippen LogP contribution in [0.2, 0.25) is 0 Å². The molecule has 31 heavy (non-hydrogen) atoms. The summed E-state index contributed by atoms with van der Waals surface area (Å²) in [5.74, 6) is 0.126. The van der Waals surface area contributed by atoms with Crippen molar-refractivity contribution in [3.63, 3.8) is 0 Å². The fraction of sp³-hybridized carbons (Fsp3) is 0.500. The van der Waals surface area contributed by atoms with Crippen molar-refractivity contribution in [2.45, 2.75) is 37.8 Å². The Labute approximate surface area is 185 Å². The molecule has 3 fully saturated rings. The summed E-state index contributed by atoms with van der Waals surface area (Å²) in [7, 11) is 2.16. The lowest BCUT2D eigenvalue weighted by atomic mass is 9.70. The molecule has 5 rings (SSSR count). The number of piperazine rings is 1. The van der Waals surface area contributed by atoms with Gasteiger partial charge in [-0.1, -0.05) is 30.3 Å². The maximum atomic E-state index is 13.5. The van der Waals surface area contributed by atoms with Crippen LogP contribution in [0.15, 0.2) is 54.6 Å². The van der Waals surface area contributed by atoms with E-state index < -0.39 is 0 Å². The van der Waals surface area contributed by atoms with Gasteiger partial charge in [-0.3, -0.25) is 4.79 Å². The van der Waals surface area contributed by atoms with E-state index in [4.69, 9.17) is 0 Å². The summed E-state index contributed by atoms with van der Waals surface area (Å²) in [4.78, 5) is 20.4. The summed E-state index contributed by atoms with van der Waals surface area (Å²) in [5, 5.41) is 10.4. The second kappa shape index (κ2) is 8.29. The average Bonchev–Trinajstić information content (AvgIpc) is 3.36. The molecule has 2 aromatic rings. The van der Waals surface area contributed by atoms with Crippen molar-refractivity contribution in [2.24, 2.45) is 5.41 Å². The van der Waals surface area contributed by atoms with Crippen molar-refractivity contribution in [2.75, 3.05) is 44.7 Å². The van der Waals surface area contributed by atoms with Gasteiger partial charge in [0.25, 0.3) is 5.91 Å². The van der Waals surface area contributed by atoms with E-state index in [1.54, 1.807) is 0 Å². The standard InChI is InChI=1S/C26H33N3O2/c1-27-13-15-28(16-14-27)22-9-7-21(8-10-22)25(31)29-23-11-12-24(29)26(18-23,19-30)17-20-5-3-2-4-6-20/h2-10,23-24,30H,11-19H2,1H3/t23-,24+,26-/m0/s1. The summed E-state index contributed by atoms with van der Waals surface area (Å²) >= 11 is 0. The number of hydrogen-bond acceptors (Lipinski definition) is 4. The zero-order valence-corrected chi connectivity index (χ0v) is 18.4. The van der Waals surface area contributed by atoms with Crippen LogP contribution in [0.3, 0.4) is 0 Å². The molecule has 2 bridgehead atoms. The first kappa shape index (κ1) is 20.5. The third-order valence-electron chi connectivity index (χ3n) is 7.78. The molecule has 1 N–H and O–H groups in total. The van der Waals surface area contributed by atoms with E-state index in [1.807, 2.05) is 18.2 Å². The van der Waals surface area contributed by atoms with Crippen molar-refractivity contribution in [1.29, 1.82) is 0 Å². The quantitative estimate of drug-likeness (QED) is 0.809. The number of hydrogen-bond donors (Lipinski definition) is 1. The maximum Gasteiger partial charge on any atom is 0.254 e. The van der Waals surface area contributed by atoms with E-state index in [2.05, 4.69) is 58.1 Å². The zero-order valence-electron chi connectivity index (χ0n) is 18.4. The number of aliphatic hydroxyl groups is 1. The predicted octanol–water partition coefficient (Wildman–Crippen LogP) is 3.04. The van der Waals surface area contributed by atoms with Crippen LogP contribution in [0.25, 0.3) is 0 Å². The van der Waals surface area contributed by atoms with E-state index >= 15 is 0 Å². The molecule has 3 saturated heterocycles. The normalized spacial score (nSPS) is 28.3. The Morgan fingerprint density at radius 2 is 1.71 bits per heavy atom. The van der Waals surface area contributed by atoms with Gasteiger partial charge >= 0.3 is 0 Å². The van der Waals surface area contributed by atoms with Gasteiger partial charge in [0.1, 0.15) is 0 Å². The molecular weight excluding hydrogens is 386 g/mol. The Kier molecular flexibility index (Phi) is 5.49. The lowest BCUT2D eigenvalue weighted by molar-refractivity contribution is 0.0571. The second-order valence-electron chi connectivity index (χ2n) is 9.68. The van der Waals surface area contributed by atoms with Gasteiger partial charge in [0.05, 0.1) is 6.61 Å². The van der Waals surface area contributed by atoms with Crippen molar-refractivity contribution < 1.29 is 9.90 Å². The van der Waals surface area contributed by atoms with Crippen molar-refractivity contribution in [3.05, 3.63) is 65.7 Å². The summed E-state index contributed by atoms with van der Waals surface area (Å²) < 4.78 is 0. The van der Waals surface area contributed by atoms with Crippen LogP contribution >= 0.6 is 0 Å². The first-order valence-electron chi connectivity index (χ1n) is 11.6. The van der Waals surface area contributed by atoms with Crippen molar-refractivity contribution in [3.8, 4) is 0 Å². The van der Waals surface area contributed by atoms with Gasteiger partial charge in [0.2, 0.25) is 0 Å².